The van der Waals surface area contributed by atoms with E-state index in [4.69, 9.17) is 0 Å². The van der Waals surface area contributed by atoms with Crippen molar-refractivity contribution in [1.29, 1.82) is 0 Å². The summed E-state index contributed by atoms with van der Waals surface area (Å²) in [7, 11) is 0. The van der Waals surface area contributed by atoms with E-state index in [1.807, 2.05) is 0 Å². The number of hydrogen-bond acceptors (Lipinski definition) is 1. The average Bonchev–Trinajstić information content (AvgIpc) is 2.59. The molecule has 3 heteroatoms. The second-order valence-corrected chi connectivity index (χ2v) is 6.21. The van der Waals surface area contributed by atoms with Crippen molar-refractivity contribution < 1.29 is 9.18 Å². The zero-order valence-corrected chi connectivity index (χ0v) is 14.4. The van der Waals surface area contributed by atoms with Gasteiger partial charge in [0.05, 0.1) is 6.04 Å². The molecule has 24 heavy (non-hydrogen) atoms. The van der Waals surface area contributed by atoms with E-state index in [0.717, 1.165) is 17.5 Å². The summed E-state index contributed by atoms with van der Waals surface area (Å²) >= 11 is 0. The molecule has 1 atom stereocenters. The molecular weight excluding hydrogens is 301 g/mol. The predicted molar refractivity (Wildman–Crippen MR) is 97.0 cm³/mol. The molecule has 0 heterocycles. The van der Waals surface area contributed by atoms with E-state index < -0.39 is 0 Å². The zero-order chi connectivity index (χ0) is 17.5. The summed E-state index contributed by atoms with van der Waals surface area (Å²) in [4.78, 5) is 12.2. The Kier molecular flexibility index (Phi) is 6.30. The van der Waals surface area contributed by atoms with Crippen molar-refractivity contribution in [2.75, 3.05) is 0 Å². The molecule has 2 rings (SSSR count). The van der Waals surface area contributed by atoms with E-state index in [-0.39, 0.29) is 23.7 Å². The van der Waals surface area contributed by atoms with Crippen molar-refractivity contribution in [3.05, 3.63) is 77.1 Å². The quantitative estimate of drug-likeness (QED) is 0.751. The van der Waals surface area contributed by atoms with Gasteiger partial charge in [-0.2, -0.15) is 0 Å². The fourth-order valence-electron chi connectivity index (χ4n) is 2.54. The maximum absolute atomic E-state index is 12.9. The second kappa shape index (κ2) is 8.44. The number of rotatable bonds is 6. The highest BCUT2D eigenvalue weighted by atomic mass is 19.1. The van der Waals surface area contributed by atoms with E-state index in [1.165, 1.54) is 23.8 Å². The minimum absolute atomic E-state index is 0.0405. The molecule has 0 spiro atoms. The molecule has 0 aliphatic carbocycles. The highest BCUT2D eigenvalue weighted by molar-refractivity contribution is 5.92. The molecule has 2 aromatic rings. The van der Waals surface area contributed by atoms with Gasteiger partial charge in [0, 0.05) is 6.08 Å². The van der Waals surface area contributed by atoms with Crippen LogP contribution in [0.2, 0.25) is 0 Å². The van der Waals surface area contributed by atoms with Crippen LogP contribution in [0.15, 0.2) is 54.6 Å². The number of hydrogen-bond donors (Lipinski definition) is 1. The summed E-state index contributed by atoms with van der Waals surface area (Å²) in [5, 5.41) is 3.05. The largest absolute Gasteiger partial charge is 0.345 e. The van der Waals surface area contributed by atoms with Crippen LogP contribution in [-0.2, 0) is 11.2 Å². The summed E-state index contributed by atoms with van der Waals surface area (Å²) in [5.41, 5.74) is 3.18. The molecule has 0 aromatic heterocycles. The highest BCUT2D eigenvalue weighted by Crippen LogP contribution is 2.22. The van der Waals surface area contributed by atoms with Crippen LogP contribution in [0.5, 0.6) is 0 Å². The summed E-state index contributed by atoms with van der Waals surface area (Å²) in [6.45, 7) is 6.29. The summed E-state index contributed by atoms with van der Waals surface area (Å²) in [6.07, 6.45) is 4.18. The molecule has 0 fully saturated rings. The van der Waals surface area contributed by atoms with Crippen molar-refractivity contribution in [2.24, 2.45) is 5.92 Å². The van der Waals surface area contributed by atoms with Crippen LogP contribution in [-0.4, -0.2) is 5.91 Å². The van der Waals surface area contributed by atoms with E-state index in [9.17, 15) is 9.18 Å². The zero-order valence-electron chi connectivity index (χ0n) is 14.4. The number of halogens is 1. The highest BCUT2D eigenvalue weighted by Gasteiger charge is 2.17. The van der Waals surface area contributed by atoms with Crippen molar-refractivity contribution in [2.45, 2.75) is 33.2 Å². The Morgan fingerprint density at radius 3 is 2.25 bits per heavy atom. The van der Waals surface area contributed by atoms with Crippen molar-refractivity contribution >= 4 is 12.0 Å². The normalized spacial score (nSPS) is 12.5. The maximum Gasteiger partial charge on any atom is 0.244 e. The Hall–Kier alpha value is -2.42. The van der Waals surface area contributed by atoms with E-state index >= 15 is 0 Å². The maximum atomic E-state index is 12.9. The van der Waals surface area contributed by atoms with Crippen LogP contribution in [0.4, 0.5) is 4.39 Å². The number of amides is 1. The van der Waals surface area contributed by atoms with Gasteiger partial charge in [-0.05, 0) is 47.2 Å². The van der Waals surface area contributed by atoms with E-state index in [1.54, 1.807) is 18.2 Å². The lowest BCUT2D eigenvalue weighted by atomic mass is 9.95. The van der Waals surface area contributed by atoms with Gasteiger partial charge in [-0.25, -0.2) is 4.39 Å². The van der Waals surface area contributed by atoms with Gasteiger partial charge in [-0.1, -0.05) is 57.2 Å². The first-order chi connectivity index (χ1) is 11.5. The standard InChI is InChI=1S/C21H24FNO/c1-4-16-5-10-18(11-6-16)21(15(2)3)23-20(24)14-9-17-7-12-19(22)13-8-17/h5-15,21H,4H2,1-3H3,(H,23,24)/b14-9+. The van der Waals surface area contributed by atoms with Gasteiger partial charge < -0.3 is 5.32 Å². The molecule has 2 nitrogen and oxygen atoms in total. The fourth-order valence-corrected chi connectivity index (χ4v) is 2.54. The monoisotopic (exact) mass is 325 g/mol. The smallest absolute Gasteiger partial charge is 0.244 e. The van der Waals surface area contributed by atoms with Crippen molar-refractivity contribution in [1.82, 2.24) is 5.32 Å². The third kappa shape index (κ3) is 5.05. The molecule has 2 aromatic carbocycles. The number of carbonyl (C=O) groups excluding carboxylic acids is 1. The van der Waals surface area contributed by atoms with Crippen LogP contribution >= 0.6 is 0 Å². The van der Waals surface area contributed by atoms with Crippen LogP contribution in [0.3, 0.4) is 0 Å². The number of nitrogens with one attached hydrogen (secondary N) is 1. The Morgan fingerprint density at radius 1 is 1.08 bits per heavy atom. The van der Waals surface area contributed by atoms with Gasteiger partial charge in [0.2, 0.25) is 5.91 Å². The second-order valence-electron chi connectivity index (χ2n) is 6.21. The SMILES string of the molecule is CCc1ccc(C(NC(=O)/C=C/c2ccc(F)cc2)C(C)C)cc1. The summed E-state index contributed by atoms with van der Waals surface area (Å²) < 4.78 is 12.9. The molecule has 1 unspecified atom stereocenters. The van der Waals surface area contributed by atoms with E-state index in [0.29, 0.717) is 0 Å². The third-order valence-corrected chi connectivity index (χ3v) is 4.01. The average molecular weight is 325 g/mol. The topological polar surface area (TPSA) is 29.1 Å². The molecular formula is C21H24FNO. The lowest BCUT2D eigenvalue weighted by molar-refractivity contribution is -0.117. The Labute approximate surface area is 143 Å². The molecule has 0 aliphatic heterocycles. The summed E-state index contributed by atoms with van der Waals surface area (Å²) in [6, 6.07) is 14.4. The Balaban J connectivity index is 2.06. The molecule has 126 valence electrons. The van der Waals surface area contributed by atoms with Gasteiger partial charge >= 0.3 is 0 Å². The first-order valence-electron chi connectivity index (χ1n) is 8.32. The molecule has 0 aliphatic rings. The first kappa shape index (κ1) is 17.9. The third-order valence-electron chi connectivity index (χ3n) is 4.01. The summed E-state index contributed by atoms with van der Waals surface area (Å²) in [5.74, 6) is -0.162. The van der Waals surface area contributed by atoms with Gasteiger partial charge in [-0.15, -0.1) is 0 Å². The number of carbonyl (C=O) groups is 1. The fraction of sp³-hybridized carbons (Fsp3) is 0.286. The number of aryl methyl sites for hydroxylation is 1. The first-order valence-corrected chi connectivity index (χ1v) is 8.32. The van der Waals surface area contributed by atoms with Gasteiger partial charge in [0.25, 0.3) is 0 Å². The molecule has 1 N–H and O–H groups in total. The molecule has 0 radical (unpaired) electrons. The molecule has 0 saturated carbocycles. The lowest BCUT2D eigenvalue weighted by Gasteiger charge is -2.22. The lowest BCUT2D eigenvalue weighted by Crippen LogP contribution is -2.30. The van der Waals surface area contributed by atoms with Gasteiger partial charge in [-0.3, -0.25) is 4.79 Å². The Morgan fingerprint density at radius 2 is 1.71 bits per heavy atom. The van der Waals surface area contributed by atoms with Gasteiger partial charge in [0.15, 0.2) is 0 Å². The van der Waals surface area contributed by atoms with Crippen molar-refractivity contribution in [3.8, 4) is 0 Å². The van der Waals surface area contributed by atoms with Crippen LogP contribution in [0.1, 0.15) is 43.5 Å². The number of benzene rings is 2. The molecule has 0 bridgehead atoms. The van der Waals surface area contributed by atoms with Crippen LogP contribution < -0.4 is 5.32 Å². The van der Waals surface area contributed by atoms with Gasteiger partial charge in [0.1, 0.15) is 5.82 Å². The van der Waals surface area contributed by atoms with E-state index in [2.05, 4.69) is 50.4 Å². The van der Waals surface area contributed by atoms with Crippen LogP contribution in [0.25, 0.3) is 6.08 Å². The molecule has 0 saturated heterocycles. The minimum Gasteiger partial charge on any atom is -0.345 e. The predicted octanol–water partition coefficient (Wildman–Crippen LogP) is 4.91. The minimum atomic E-state index is -0.285. The van der Waals surface area contributed by atoms with Crippen LogP contribution in [0, 0.1) is 11.7 Å². The molecule has 1 amide bonds. The Bertz CT molecular complexity index is 687. The van der Waals surface area contributed by atoms with Crippen molar-refractivity contribution in [3.63, 3.8) is 0 Å².